The van der Waals surface area contributed by atoms with Crippen LogP contribution in [-0.2, 0) is 0 Å². The lowest BCUT2D eigenvalue weighted by atomic mass is 10.3. The lowest BCUT2D eigenvalue weighted by molar-refractivity contribution is 0.0450. The Bertz CT molecular complexity index is 199. The monoisotopic (exact) mass is 185 g/mol. The first kappa shape index (κ1) is 11.9. The van der Waals surface area contributed by atoms with E-state index in [-0.39, 0.29) is 13.2 Å². The molecule has 74 valence electrons. The number of aliphatic hydroxyl groups is 3. The fourth-order valence-corrected chi connectivity index (χ4v) is 0.511. The van der Waals surface area contributed by atoms with Crippen LogP contribution in [0.25, 0.3) is 0 Å². The molecule has 5 N–H and O–H groups in total. The van der Waals surface area contributed by atoms with Gasteiger partial charge in [-0.15, -0.1) is 0 Å². The molecule has 0 spiro atoms. The van der Waals surface area contributed by atoms with E-state index >= 15 is 0 Å². The van der Waals surface area contributed by atoms with Crippen LogP contribution < -0.4 is 5.73 Å². The van der Waals surface area contributed by atoms with Crippen LogP contribution in [0.5, 0.6) is 0 Å². The van der Waals surface area contributed by atoms with Gasteiger partial charge in [-0.25, -0.2) is 0 Å². The normalized spacial score (nSPS) is 9.23. The van der Waals surface area contributed by atoms with Crippen LogP contribution in [0.4, 0.5) is 5.69 Å². The number of rotatable bonds is 2. The summed E-state index contributed by atoms with van der Waals surface area (Å²) in [6.45, 7) is -0.729. The van der Waals surface area contributed by atoms with E-state index in [0.29, 0.717) is 0 Å². The van der Waals surface area contributed by atoms with Crippen molar-refractivity contribution in [2.24, 2.45) is 0 Å². The standard InChI is InChI=1S/C6H7N.C3H8O3/c7-6-4-2-1-3-5-6;4-1-3(6)2-5/h1-5H,7H2;3-6H,1-2H2. The van der Waals surface area contributed by atoms with E-state index in [1.165, 1.54) is 0 Å². The zero-order chi connectivity index (χ0) is 10.1. The average Bonchev–Trinajstić information content (AvgIpc) is 2.19. The second kappa shape index (κ2) is 7.54. The van der Waals surface area contributed by atoms with E-state index in [2.05, 4.69) is 0 Å². The molecule has 0 saturated carbocycles. The van der Waals surface area contributed by atoms with E-state index in [0.717, 1.165) is 5.69 Å². The first-order valence-corrected chi connectivity index (χ1v) is 3.91. The topological polar surface area (TPSA) is 86.7 Å². The highest BCUT2D eigenvalue weighted by atomic mass is 16.3. The zero-order valence-electron chi connectivity index (χ0n) is 7.30. The molecule has 1 aromatic rings. The van der Waals surface area contributed by atoms with Crippen molar-refractivity contribution in [3.8, 4) is 0 Å². The van der Waals surface area contributed by atoms with Gasteiger partial charge in [-0.2, -0.15) is 0 Å². The van der Waals surface area contributed by atoms with Gasteiger partial charge in [-0.1, -0.05) is 18.2 Å². The summed E-state index contributed by atoms with van der Waals surface area (Å²) in [5.41, 5.74) is 6.18. The van der Waals surface area contributed by atoms with Gasteiger partial charge in [0.1, 0.15) is 6.10 Å². The number of nitrogen functional groups attached to an aromatic ring is 1. The summed E-state index contributed by atoms with van der Waals surface area (Å²) < 4.78 is 0. The maximum atomic E-state index is 8.17. The quantitative estimate of drug-likeness (QED) is 0.472. The second-order valence-electron chi connectivity index (χ2n) is 2.43. The summed E-state index contributed by atoms with van der Waals surface area (Å²) in [5, 5.41) is 24.0. The summed E-state index contributed by atoms with van der Waals surface area (Å²) in [6, 6.07) is 9.49. The molecule has 0 amide bonds. The van der Waals surface area contributed by atoms with Gasteiger partial charge in [0, 0.05) is 5.69 Å². The number of benzene rings is 1. The summed E-state index contributed by atoms with van der Waals surface area (Å²) >= 11 is 0. The van der Waals surface area contributed by atoms with Crippen LogP contribution in [0.2, 0.25) is 0 Å². The fraction of sp³-hybridized carbons (Fsp3) is 0.333. The van der Waals surface area contributed by atoms with Crippen LogP contribution >= 0.6 is 0 Å². The van der Waals surface area contributed by atoms with Gasteiger partial charge in [0.2, 0.25) is 0 Å². The van der Waals surface area contributed by atoms with Crippen molar-refractivity contribution in [1.29, 1.82) is 0 Å². The molecule has 0 aliphatic rings. The van der Waals surface area contributed by atoms with E-state index in [1.807, 2.05) is 30.3 Å². The Morgan fingerprint density at radius 2 is 1.54 bits per heavy atom. The third-order valence-corrected chi connectivity index (χ3v) is 1.22. The molecule has 1 rings (SSSR count). The molecule has 4 heteroatoms. The Kier molecular flexibility index (Phi) is 6.91. The smallest absolute Gasteiger partial charge is 0.100 e. The van der Waals surface area contributed by atoms with Crippen molar-refractivity contribution < 1.29 is 15.3 Å². The largest absolute Gasteiger partial charge is 0.399 e. The van der Waals surface area contributed by atoms with Gasteiger partial charge >= 0.3 is 0 Å². The highest BCUT2D eigenvalue weighted by Crippen LogP contribution is 1.95. The molecule has 0 atom stereocenters. The summed E-state index contributed by atoms with van der Waals surface area (Å²) in [5.74, 6) is 0. The number of nitrogens with two attached hydrogens (primary N) is 1. The minimum Gasteiger partial charge on any atom is -0.399 e. The molecule has 0 aliphatic heterocycles. The Balaban J connectivity index is 0.000000226. The Morgan fingerprint density at radius 3 is 1.69 bits per heavy atom. The highest BCUT2D eigenvalue weighted by Gasteiger charge is 1.93. The number of anilines is 1. The first-order valence-electron chi connectivity index (χ1n) is 3.91. The number of hydrogen-bond donors (Lipinski definition) is 4. The Labute approximate surface area is 77.3 Å². The highest BCUT2D eigenvalue weighted by molar-refractivity contribution is 5.35. The van der Waals surface area contributed by atoms with Crippen molar-refractivity contribution in [2.75, 3.05) is 18.9 Å². The van der Waals surface area contributed by atoms with Gasteiger partial charge < -0.3 is 21.1 Å². The van der Waals surface area contributed by atoms with Crippen LogP contribution in [-0.4, -0.2) is 34.6 Å². The van der Waals surface area contributed by atoms with Gasteiger partial charge in [0.25, 0.3) is 0 Å². The molecule has 0 aromatic heterocycles. The Hall–Kier alpha value is -1.10. The van der Waals surface area contributed by atoms with Crippen molar-refractivity contribution in [2.45, 2.75) is 6.10 Å². The van der Waals surface area contributed by atoms with E-state index < -0.39 is 6.10 Å². The maximum Gasteiger partial charge on any atom is 0.100 e. The molecule has 0 unspecified atom stereocenters. The lowest BCUT2D eigenvalue weighted by Crippen LogP contribution is -2.15. The Morgan fingerprint density at radius 1 is 1.08 bits per heavy atom. The second-order valence-corrected chi connectivity index (χ2v) is 2.43. The third-order valence-electron chi connectivity index (χ3n) is 1.22. The summed E-state index contributed by atoms with van der Waals surface area (Å²) in [4.78, 5) is 0. The van der Waals surface area contributed by atoms with Crippen LogP contribution in [0.1, 0.15) is 0 Å². The molecule has 0 heterocycles. The van der Waals surface area contributed by atoms with Gasteiger partial charge in [0.15, 0.2) is 0 Å². The predicted octanol–water partition coefficient (Wildman–Crippen LogP) is -0.399. The van der Waals surface area contributed by atoms with E-state index in [9.17, 15) is 0 Å². The number of para-hydroxylation sites is 1. The van der Waals surface area contributed by atoms with Crippen molar-refractivity contribution in [1.82, 2.24) is 0 Å². The zero-order valence-corrected chi connectivity index (χ0v) is 7.30. The van der Waals surface area contributed by atoms with E-state index in [4.69, 9.17) is 21.1 Å². The molecule has 13 heavy (non-hydrogen) atoms. The van der Waals surface area contributed by atoms with Crippen LogP contribution in [0.3, 0.4) is 0 Å². The molecular formula is C9H15NO3. The average molecular weight is 185 g/mol. The lowest BCUT2D eigenvalue weighted by Gasteiger charge is -1.96. The molecular weight excluding hydrogens is 170 g/mol. The summed E-state index contributed by atoms with van der Waals surface area (Å²) in [7, 11) is 0. The molecule has 0 fully saturated rings. The molecule has 0 saturated heterocycles. The fourth-order valence-electron chi connectivity index (χ4n) is 0.511. The number of aliphatic hydroxyl groups excluding tert-OH is 3. The minimum absolute atomic E-state index is 0.365. The number of hydrogen-bond acceptors (Lipinski definition) is 4. The van der Waals surface area contributed by atoms with Crippen molar-refractivity contribution in [3.63, 3.8) is 0 Å². The molecule has 1 aromatic carbocycles. The molecule has 0 aliphatic carbocycles. The minimum atomic E-state index is -0.954. The van der Waals surface area contributed by atoms with Crippen LogP contribution in [0.15, 0.2) is 30.3 Å². The van der Waals surface area contributed by atoms with Crippen molar-refractivity contribution in [3.05, 3.63) is 30.3 Å². The predicted molar refractivity (Wildman–Crippen MR) is 51.0 cm³/mol. The van der Waals surface area contributed by atoms with Gasteiger partial charge in [0.05, 0.1) is 13.2 Å². The molecule has 0 bridgehead atoms. The van der Waals surface area contributed by atoms with Crippen LogP contribution in [0, 0.1) is 0 Å². The summed E-state index contributed by atoms with van der Waals surface area (Å²) in [6.07, 6.45) is -0.954. The molecule has 0 radical (unpaired) electrons. The van der Waals surface area contributed by atoms with Gasteiger partial charge in [-0.3, -0.25) is 0 Å². The van der Waals surface area contributed by atoms with Crippen molar-refractivity contribution >= 4 is 5.69 Å². The van der Waals surface area contributed by atoms with Gasteiger partial charge in [-0.05, 0) is 12.1 Å². The third kappa shape index (κ3) is 7.27. The molecule has 4 nitrogen and oxygen atoms in total. The first-order chi connectivity index (χ1) is 6.20. The maximum absolute atomic E-state index is 8.17. The SMILES string of the molecule is Nc1ccccc1.OCC(O)CO. The van der Waals surface area contributed by atoms with E-state index in [1.54, 1.807) is 0 Å².